The van der Waals surface area contributed by atoms with E-state index in [4.69, 9.17) is 9.47 Å². The second-order valence-corrected chi connectivity index (χ2v) is 5.62. The van der Waals surface area contributed by atoms with Crippen LogP contribution in [0.25, 0.3) is 0 Å². The molecule has 0 saturated carbocycles. The Morgan fingerprint density at radius 1 is 1.17 bits per heavy atom. The summed E-state index contributed by atoms with van der Waals surface area (Å²) in [6.07, 6.45) is 2.09. The minimum absolute atomic E-state index is 0.118. The van der Waals surface area contributed by atoms with Crippen molar-refractivity contribution >= 4 is 6.03 Å². The number of ether oxygens (including phenoxy) is 2. The predicted octanol–water partition coefficient (Wildman–Crippen LogP) is 1.61. The molecular formula is C17H27N3O3. The van der Waals surface area contributed by atoms with Gasteiger partial charge in [0.15, 0.2) is 0 Å². The average molecular weight is 321 g/mol. The highest BCUT2D eigenvalue weighted by atomic mass is 16.5. The van der Waals surface area contributed by atoms with Gasteiger partial charge in [-0.2, -0.15) is 0 Å². The van der Waals surface area contributed by atoms with Gasteiger partial charge in [-0.05, 0) is 37.1 Å². The third kappa shape index (κ3) is 6.88. The lowest BCUT2D eigenvalue weighted by atomic mass is 10.2. The molecule has 2 amide bonds. The van der Waals surface area contributed by atoms with Crippen LogP contribution in [0, 0.1) is 0 Å². The maximum Gasteiger partial charge on any atom is 0.315 e. The van der Waals surface area contributed by atoms with E-state index in [0.717, 1.165) is 57.0 Å². The van der Waals surface area contributed by atoms with Crippen LogP contribution in [0.4, 0.5) is 4.79 Å². The molecule has 1 aliphatic heterocycles. The summed E-state index contributed by atoms with van der Waals surface area (Å²) < 4.78 is 10.4. The first-order valence-corrected chi connectivity index (χ1v) is 8.22. The number of unbranched alkanes of at least 4 members (excludes halogenated alkanes) is 1. The minimum Gasteiger partial charge on any atom is -0.497 e. The van der Waals surface area contributed by atoms with Crippen LogP contribution in [-0.4, -0.2) is 57.4 Å². The smallest absolute Gasteiger partial charge is 0.315 e. The van der Waals surface area contributed by atoms with Crippen LogP contribution in [0.3, 0.4) is 0 Å². The summed E-state index contributed by atoms with van der Waals surface area (Å²) in [7, 11) is 1.64. The summed E-state index contributed by atoms with van der Waals surface area (Å²) in [6.45, 7) is 6.03. The number of methoxy groups -OCH3 is 1. The van der Waals surface area contributed by atoms with Gasteiger partial charge in [-0.15, -0.1) is 0 Å². The van der Waals surface area contributed by atoms with E-state index in [9.17, 15) is 4.79 Å². The second kappa shape index (κ2) is 10.1. The van der Waals surface area contributed by atoms with Gasteiger partial charge >= 0.3 is 6.03 Å². The zero-order valence-electron chi connectivity index (χ0n) is 13.8. The first kappa shape index (κ1) is 17.6. The van der Waals surface area contributed by atoms with Crippen molar-refractivity contribution < 1.29 is 14.3 Å². The Morgan fingerprint density at radius 3 is 2.61 bits per heavy atom. The fourth-order valence-electron chi connectivity index (χ4n) is 2.48. The highest BCUT2D eigenvalue weighted by Gasteiger charge is 2.09. The number of hydrogen-bond donors (Lipinski definition) is 2. The highest BCUT2D eigenvalue weighted by Crippen LogP contribution is 2.10. The molecule has 0 aliphatic carbocycles. The summed E-state index contributed by atoms with van der Waals surface area (Å²) in [6, 6.07) is 7.55. The van der Waals surface area contributed by atoms with Crippen LogP contribution in [0.1, 0.15) is 18.4 Å². The Balaban J connectivity index is 1.50. The Hall–Kier alpha value is -1.79. The number of urea groups is 1. The van der Waals surface area contributed by atoms with Crippen molar-refractivity contribution in [2.24, 2.45) is 0 Å². The van der Waals surface area contributed by atoms with Crippen molar-refractivity contribution in [1.82, 2.24) is 15.5 Å². The van der Waals surface area contributed by atoms with Gasteiger partial charge in [0, 0.05) is 26.2 Å². The first-order chi connectivity index (χ1) is 11.3. The van der Waals surface area contributed by atoms with Crippen LogP contribution >= 0.6 is 0 Å². The Morgan fingerprint density at radius 2 is 1.91 bits per heavy atom. The molecule has 128 valence electrons. The summed E-state index contributed by atoms with van der Waals surface area (Å²) >= 11 is 0. The standard InChI is InChI=1S/C17H27N3O3/c1-22-16-6-4-15(5-7-16)14-19-17(21)18-8-2-3-9-20-10-12-23-13-11-20/h4-7H,2-3,8-14H2,1H3,(H2,18,19,21). The fourth-order valence-corrected chi connectivity index (χ4v) is 2.48. The SMILES string of the molecule is COc1ccc(CNC(=O)NCCCCN2CCOCC2)cc1. The molecule has 6 nitrogen and oxygen atoms in total. The number of nitrogens with zero attached hydrogens (tertiary/aromatic N) is 1. The third-order valence-corrected chi connectivity index (χ3v) is 3.90. The van der Waals surface area contributed by atoms with Crippen molar-refractivity contribution in [3.05, 3.63) is 29.8 Å². The number of rotatable bonds is 8. The minimum atomic E-state index is -0.118. The summed E-state index contributed by atoms with van der Waals surface area (Å²) in [5, 5.41) is 5.75. The summed E-state index contributed by atoms with van der Waals surface area (Å²) in [4.78, 5) is 14.1. The number of carbonyl (C=O) groups is 1. The first-order valence-electron chi connectivity index (χ1n) is 8.22. The van der Waals surface area contributed by atoms with Gasteiger partial charge in [0.25, 0.3) is 0 Å². The highest BCUT2D eigenvalue weighted by molar-refractivity contribution is 5.73. The molecule has 0 radical (unpaired) electrons. The van der Waals surface area contributed by atoms with Crippen LogP contribution in [0.2, 0.25) is 0 Å². The zero-order valence-corrected chi connectivity index (χ0v) is 13.8. The molecule has 0 bridgehead atoms. The van der Waals surface area contributed by atoms with Crippen molar-refractivity contribution in [3.8, 4) is 5.75 Å². The van der Waals surface area contributed by atoms with Gasteiger partial charge in [0.1, 0.15) is 5.75 Å². The van der Waals surface area contributed by atoms with Gasteiger partial charge in [0.05, 0.1) is 20.3 Å². The summed E-state index contributed by atoms with van der Waals surface area (Å²) in [5.41, 5.74) is 1.05. The van der Waals surface area contributed by atoms with E-state index in [-0.39, 0.29) is 6.03 Å². The molecule has 6 heteroatoms. The van der Waals surface area contributed by atoms with E-state index >= 15 is 0 Å². The lowest BCUT2D eigenvalue weighted by Crippen LogP contribution is -2.38. The largest absolute Gasteiger partial charge is 0.497 e. The van der Waals surface area contributed by atoms with Gasteiger partial charge in [-0.3, -0.25) is 4.90 Å². The van der Waals surface area contributed by atoms with Gasteiger partial charge in [0.2, 0.25) is 0 Å². The van der Waals surface area contributed by atoms with Crippen LogP contribution in [0.15, 0.2) is 24.3 Å². The zero-order chi connectivity index (χ0) is 16.3. The normalized spacial score (nSPS) is 15.2. The van der Waals surface area contributed by atoms with E-state index in [1.165, 1.54) is 0 Å². The van der Waals surface area contributed by atoms with Crippen molar-refractivity contribution in [2.45, 2.75) is 19.4 Å². The topological polar surface area (TPSA) is 62.8 Å². The molecule has 1 fully saturated rings. The number of hydrogen-bond acceptors (Lipinski definition) is 4. The van der Waals surface area contributed by atoms with Crippen molar-refractivity contribution in [3.63, 3.8) is 0 Å². The lowest BCUT2D eigenvalue weighted by Gasteiger charge is -2.26. The Labute approximate surface area is 138 Å². The third-order valence-electron chi connectivity index (χ3n) is 3.90. The maximum absolute atomic E-state index is 11.7. The molecule has 0 spiro atoms. The lowest BCUT2D eigenvalue weighted by molar-refractivity contribution is 0.0372. The second-order valence-electron chi connectivity index (χ2n) is 5.62. The molecule has 2 rings (SSSR count). The quantitative estimate of drug-likeness (QED) is 0.714. The molecule has 0 aromatic heterocycles. The molecule has 1 aromatic carbocycles. The molecular weight excluding hydrogens is 294 g/mol. The average Bonchev–Trinajstić information content (AvgIpc) is 2.61. The van der Waals surface area contributed by atoms with E-state index in [0.29, 0.717) is 13.1 Å². The van der Waals surface area contributed by atoms with Crippen molar-refractivity contribution in [2.75, 3.05) is 46.5 Å². The molecule has 0 unspecified atom stereocenters. The molecule has 1 aliphatic rings. The van der Waals surface area contributed by atoms with Crippen molar-refractivity contribution in [1.29, 1.82) is 0 Å². The van der Waals surface area contributed by atoms with E-state index < -0.39 is 0 Å². The predicted molar refractivity (Wildman–Crippen MR) is 89.7 cm³/mol. The number of amides is 2. The van der Waals surface area contributed by atoms with E-state index in [1.807, 2.05) is 24.3 Å². The van der Waals surface area contributed by atoms with Crippen LogP contribution in [-0.2, 0) is 11.3 Å². The van der Waals surface area contributed by atoms with Gasteiger partial charge < -0.3 is 20.1 Å². The molecule has 2 N–H and O–H groups in total. The Kier molecular flexibility index (Phi) is 7.69. The molecule has 1 aromatic rings. The monoisotopic (exact) mass is 321 g/mol. The summed E-state index contributed by atoms with van der Waals surface area (Å²) in [5.74, 6) is 0.818. The number of benzene rings is 1. The van der Waals surface area contributed by atoms with Crippen LogP contribution < -0.4 is 15.4 Å². The Bertz CT molecular complexity index is 459. The van der Waals surface area contributed by atoms with E-state index in [1.54, 1.807) is 7.11 Å². The molecule has 23 heavy (non-hydrogen) atoms. The number of nitrogens with one attached hydrogen (secondary N) is 2. The molecule has 1 saturated heterocycles. The maximum atomic E-state index is 11.7. The number of morpholine rings is 1. The molecule has 1 heterocycles. The van der Waals surface area contributed by atoms with E-state index in [2.05, 4.69) is 15.5 Å². The van der Waals surface area contributed by atoms with Gasteiger partial charge in [-0.25, -0.2) is 4.79 Å². The van der Waals surface area contributed by atoms with Gasteiger partial charge in [-0.1, -0.05) is 12.1 Å². The number of carbonyl (C=O) groups excluding carboxylic acids is 1. The fraction of sp³-hybridized carbons (Fsp3) is 0.588. The molecule has 0 atom stereocenters. The van der Waals surface area contributed by atoms with Crippen LogP contribution in [0.5, 0.6) is 5.75 Å².